The molecule has 0 radical (unpaired) electrons. The highest BCUT2D eigenvalue weighted by Crippen LogP contribution is 2.23. The first-order valence-corrected chi connectivity index (χ1v) is 6.87. The molecule has 108 valence electrons. The first-order chi connectivity index (χ1) is 9.27. The van der Waals surface area contributed by atoms with E-state index in [4.69, 9.17) is 0 Å². The highest BCUT2D eigenvalue weighted by atomic mass is 79.9. The second-order valence-electron chi connectivity index (χ2n) is 5.42. The van der Waals surface area contributed by atoms with E-state index in [9.17, 15) is 8.78 Å². The van der Waals surface area contributed by atoms with Gasteiger partial charge in [0.15, 0.2) is 0 Å². The lowest BCUT2D eigenvalue weighted by Gasteiger charge is -2.17. The molecule has 2 rings (SSSR count). The number of aromatic nitrogens is 3. The van der Waals surface area contributed by atoms with Gasteiger partial charge in [-0.2, -0.15) is 0 Å². The highest BCUT2D eigenvalue weighted by Gasteiger charge is 2.15. The molecule has 0 amide bonds. The molecule has 0 aliphatic rings. The number of anilines is 1. The van der Waals surface area contributed by atoms with E-state index >= 15 is 0 Å². The van der Waals surface area contributed by atoms with Crippen LogP contribution >= 0.6 is 15.9 Å². The summed E-state index contributed by atoms with van der Waals surface area (Å²) in [6.07, 6.45) is 1.78. The molecule has 0 aliphatic carbocycles. The van der Waals surface area contributed by atoms with Gasteiger partial charge in [-0.3, -0.25) is 0 Å². The number of hydrogen-bond acceptors (Lipinski definition) is 3. The van der Waals surface area contributed by atoms with Crippen LogP contribution in [-0.4, -0.2) is 15.0 Å². The molecular formula is C13H15BrF2N4. The van der Waals surface area contributed by atoms with E-state index < -0.39 is 11.6 Å². The molecule has 4 nitrogen and oxygen atoms in total. The molecule has 2 aromatic rings. The summed E-state index contributed by atoms with van der Waals surface area (Å²) in [7, 11) is 0. The predicted octanol–water partition coefficient (Wildman–Crippen LogP) is 3.69. The molecule has 1 aromatic heterocycles. The maximum absolute atomic E-state index is 13.6. The Morgan fingerprint density at radius 2 is 1.95 bits per heavy atom. The van der Waals surface area contributed by atoms with Crippen molar-refractivity contribution in [3.05, 3.63) is 40.1 Å². The van der Waals surface area contributed by atoms with Crippen LogP contribution in [0.15, 0.2) is 22.8 Å². The molecule has 7 heteroatoms. The van der Waals surface area contributed by atoms with Gasteiger partial charge < -0.3 is 5.32 Å². The molecule has 0 unspecified atom stereocenters. The Morgan fingerprint density at radius 3 is 2.55 bits per heavy atom. The van der Waals surface area contributed by atoms with Crippen LogP contribution in [0, 0.1) is 11.6 Å². The van der Waals surface area contributed by atoms with Crippen LogP contribution in [0.2, 0.25) is 0 Å². The molecule has 0 saturated carbocycles. The molecule has 0 atom stereocenters. The van der Waals surface area contributed by atoms with E-state index in [0.29, 0.717) is 5.69 Å². The number of nitrogens with zero attached hydrogens (tertiary/aromatic N) is 3. The van der Waals surface area contributed by atoms with E-state index in [2.05, 4.69) is 31.6 Å². The summed E-state index contributed by atoms with van der Waals surface area (Å²) < 4.78 is 28.8. The van der Waals surface area contributed by atoms with E-state index in [1.165, 1.54) is 0 Å². The van der Waals surface area contributed by atoms with Crippen LogP contribution in [0.25, 0.3) is 0 Å². The zero-order chi connectivity index (χ0) is 14.9. The van der Waals surface area contributed by atoms with Crippen molar-refractivity contribution in [2.45, 2.75) is 32.9 Å². The highest BCUT2D eigenvalue weighted by molar-refractivity contribution is 9.10. The number of nitrogens with one attached hydrogen (secondary N) is 1. The molecule has 0 fully saturated rings. The van der Waals surface area contributed by atoms with Gasteiger partial charge in [-0.25, -0.2) is 13.5 Å². The smallest absolute Gasteiger partial charge is 0.147 e. The lowest BCUT2D eigenvalue weighted by Crippen LogP contribution is -2.22. The van der Waals surface area contributed by atoms with Crippen LogP contribution in [-0.2, 0) is 12.1 Å². The second kappa shape index (κ2) is 5.47. The van der Waals surface area contributed by atoms with Gasteiger partial charge in [0.1, 0.15) is 17.3 Å². The Labute approximate surface area is 124 Å². The Bertz CT molecular complexity index is 619. The standard InChI is InChI=1S/C13H15BrF2N4/c1-13(2,3)20-7-8(18-19-20)6-17-12-5-10(15)9(14)4-11(12)16/h4-5,7,17H,6H2,1-3H3. The fraction of sp³-hybridized carbons (Fsp3) is 0.385. The van der Waals surface area contributed by atoms with Gasteiger partial charge in [0, 0.05) is 6.07 Å². The van der Waals surface area contributed by atoms with Gasteiger partial charge in [0.25, 0.3) is 0 Å². The van der Waals surface area contributed by atoms with Gasteiger partial charge >= 0.3 is 0 Å². The number of rotatable bonds is 3. The van der Waals surface area contributed by atoms with Crippen molar-refractivity contribution in [1.29, 1.82) is 0 Å². The first-order valence-electron chi connectivity index (χ1n) is 6.07. The predicted molar refractivity (Wildman–Crippen MR) is 76.4 cm³/mol. The van der Waals surface area contributed by atoms with E-state index in [-0.39, 0.29) is 22.2 Å². The minimum Gasteiger partial charge on any atom is -0.377 e. The summed E-state index contributed by atoms with van der Waals surface area (Å²) in [6.45, 7) is 6.28. The number of benzene rings is 1. The molecule has 0 bridgehead atoms. The minimum atomic E-state index is -0.526. The molecule has 1 aromatic carbocycles. The van der Waals surface area contributed by atoms with E-state index in [1.807, 2.05) is 20.8 Å². The van der Waals surface area contributed by atoms with Crippen molar-refractivity contribution in [3.8, 4) is 0 Å². The second-order valence-corrected chi connectivity index (χ2v) is 6.28. The summed E-state index contributed by atoms with van der Waals surface area (Å²) in [5, 5.41) is 10.8. The van der Waals surface area contributed by atoms with Crippen molar-refractivity contribution < 1.29 is 8.78 Å². The van der Waals surface area contributed by atoms with Gasteiger partial charge in [0.05, 0.1) is 28.4 Å². The molecule has 1 N–H and O–H groups in total. The van der Waals surface area contributed by atoms with Crippen molar-refractivity contribution in [1.82, 2.24) is 15.0 Å². The van der Waals surface area contributed by atoms with Crippen LogP contribution in [0.4, 0.5) is 14.5 Å². The van der Waals surface area contributed by atoms with Gasteiger partial charge in [-0.05, 0) is 42.8 Å². The first kappa shape index (κ1) is 14.9. The lowest BCUT2D eigenvalue weighted by atomic mass is 10.1. The summed E-state index contributed by atoms with van der Waals surface area (Å²) in [6, 6.07) is 2.19. The summed E-state index contributed by atoms with van der Waals surface area (Å²) in [5.41, 5.74) is 0.582. The van der Waals surface area contributed by atoms with Crippen LogP contribution in [0.1, 0.15) is 26.5 Å². The van der Waals surface area contributed by atoms with Crippen LogP contribution < -0.4 is 5.32 Å². The molecule has 0 saturated heterocycles. The van der Waals surface area contributed by atoms with Crippen molar-refractivity contribution >= 4 is 21.6 Å². The van der Waals surface area contributed by atoms with Crippen molar-refractivity contribution in [2.24, 2.45) is 0 Å². The Morgan fingerprint density at radius 1 is 1.25 bits per heavy atom. The monoisotopic (exact) mass is 344 g/mol. The van der Waals surface area contributed by atoms with Gasteiger partial charge in [-0.15, -0.1) is 5.10 Å². The zero-order valence-electron chi connectivity index (χ0n) is 11.4. The topological polar surface area (TPSA) is 42.7 Å². The maximum Gasteiger partial charge on any atom is 0.147 e. The van der Waals surface area contributed by atoms with Gasteiger partial charge in [-0.1, -0.05) is 5.21 Å². The van der Waals surface area contributed by atoms with Gasteiger partial charge in [0.2, 0.25) is 0 Å². The lowest BCUT2D eigenvalue weighted by molar-refractivity contribution is 0.347. The average Bonchev–Trinajstić information content (AvgIpc) is 2.80. The normalized spacial score (nSPS) is 11.7. The molecule has 1 heterocycles. The quantitative estimate of drug-likeness (QED) is 0.863. The summed E-state index contributed by atoms with van der Waals surface area (Å²) in [4.78, 5) is 0. The Kier molecular flexibility index (Phi) is 4.08. The Balaban J connectivity index is 2.09. The van der Waals surface area contributed by atoms with E-state index in [1.54, 1.807) is 10.9 Å². The SMILES string of the molecule is CC(C)(C)n1cc(CNc2cc(F)c(Br)cc2F)nn1. The molecular weight excluding hydrogens is 330 g/mol. The third-order valence-corrected chi connectivity index (χ3v) is 3.31. The third-order valence-electron chi connectivity index (χ3n) is 2.70. The summed E-state index contributed by atoms with van der Waals surface area (Å²) in [5.74, 6) is -1.05. The van der Waals surface area contributed by atoms with Crippen molar-refractivity contribution in [2.75, 3.05) is 5.32 Å². The minimum absolute atomic E-state index is 0.0935. The molecule has 20 heavy (non-hydrogen) atoms. The number of hydrogen-bond donors (Lipinski definition) is 1. The maximum atomic E-state index is 13.6. The fourth-order valence-corrected chi connectivity index (χ4v) is 1.87. The van der Waals surface area contributed by atoms with Crippen LogP contribution in [0.5, 0.6) is 0 Å². The molecule has 0 spiro atoms. The zero-order valence-corrected chi connectivity index (χ0v) is 13.0. The number of halogens is 3. The van der Waals surface area contributed by atoms with Crippen LogP contribution in [0.3, 0.4) is 0 Å². The summed E-state index contributed by atoms with van der Waals surface area (Å²) >= 11 is 2.93. The average molecular weight is 345 g/mol. The largest absolute Gasteiger partial charge is 0.377 e. The third kappa shape index (κ3) is 3.33. The fourth-order valence-electron chi connectivity index (χ4n) is 1.55. The van der Waals surface area contributed by atoms with E-state index in [0.717, 1.165) is 12.1 Å². The molecule has 0 aliphatic heterocycles. The van der Waals surface area contributed by atoms with Crippen molar-refractivity contribution in [3.63, 3.8) is 0 Å². The Hall–Kier alpha value is -1.50.